The van der Waals surface area contributed by atoms with E-state index in [1.54, 1.807) is 22.7 Å². The average molecular weight is 620 g/mol. The molecule has 4 atom stereocenters. The Morgan fingerprint density at radius 1 is 0.882 bits per heavy atom. The van der Waals surface area contributed by atoms with Gasteiger partial charge >= 0.3 is 0 Å². The van der Waals surface area contributed by atoms with Crippen LogP contribution in [0.1, 0.15) is 22.6 Å². The van der Waals surface area contributed by atoms with E-state index in [1.165, 1.54) is 25.0 Å². The molecule has 0 bridgehead atoms. The second kappa shape index (κ2) is 9.29. The number of benzene rings is 2. The molecule has 2 aromatic carbocycles. The van der Waals surface area contributed by atoms with Gasteiger partial charge in [0.2, 0.25) is 0 Å². The van der Waals surface area contributed by atoms with E-state index in [1.807, 2.05) is 6.07 Å². The van der Waals surface area contributed by atoms with Gasteiger partial charge in [0, 0.05) is 59.2 Å². The Balaban J connectivity index is 0.000000142. The molecule has 4 N–H and O–H groups in total. The Kier molecular flexibility index (Phi) is 6.66. The van der Waals surface area contributed by atoms with E-state index in [2.05, 4.69) is 80.4 Å². The minimum absolute atomic E-state index is 0.0465. The topological polar surface area (TPSA) is 90.3 Å². The predicted molar refractivity (Wildman–Crippen MR) is 147 cm³/mol. The molecule has 4 unspecified atom stereocenters. The summed E-state index contributed by atoms with van der Waals surface area (Å²) in [6.07, 6.45) is 1.81. The highest BCUT2D eigenvalue weighted by Crippen LogP contribution is 2.57. The first-order valence-corrected chi connectivity index (χ1v) is 14.3. The number of thiophene rings is 2. The van der Waals surface area contributed by atoms with E-state index in [4.69, 9.17) is 5.73 Å². The summed E-state index contributed by atoms with van der Waals surface area (Å²) in [4.78, 5) is 2.42. The molecule has 8 heteroatoms. The summed E-state index contributed by atoms with van der Waals surface area (Å²) in [5.41, 5.74) is 5.53. The summed E-state index contributed by atoms with van der Waals surface area (Å²) in [6.45, 7) is 0.979. The molecule has 176 valence electrons. The van der Waals surface area contributed by atoms with E-state index < -0.39 is 5.41 Å². The predicted octanol–water partition coefficient (Wildman–Crippen LogP) is 6.31. The lowest BCUT2D eigenvalue weighted by atomic mass is 10.0. The highest BCUT2D eigenvalue weighted by molar-refractivity contribution is 9.10. The van der Waals surface area contributed by atoms with Gasteiger partial charge in [-0.2, -0.15) is 5.26 Å². The maximum Gasteiger partial charge on any atom is 0.0969 e. The van der Waals surface area contributed by atoms with Crippen molar-refractivity contribution < 1.29 is 10.2 Å². The molecule has 2 heterocycles. The van der Waals surface area contributed by atoms with E-state index in [-0.39, 0.29) is 24.5 Å². The molecule has 0 amide bonds. The second-order valence-electron chi connectivity index (χ2n) is 9.20. The molecule has 4 aromatic rings. The van der Waals surface area contributed by atoms with Gasteiger partial charge in [0.05, 0.1) is 11.5 Å². The Hall–Kier alpha value is -1.31. The molecule has 4 nitrogen and oxygen atoms in total. The summed E-state index contributed by atoms with van der Waals surface area (Å²) in [5.74, 6) is 0.466. The fourth-order valence-electron chi connectivity index (χ4n) is 4.79. The Labute approximate surface area is 223 Å². The number of nitrogens with zero attached hydrogens (tertiary/aromatic N) is 1. The molecular weight excluding hydrogens is 596 g/mol. The fraction of sp³-hybridized carbons (Fsp3) is 0.346. The van der Waals surface area contributed by atoms with Gasteiger partial charge in [0.15, 0.2) is 0 Å². The van der Waals surface area contributed by atoms with Crippen LogP contribution < -0.4 is 5.73 Å². The molecule has 2 fully saturated rings. The summed E-state index contributed by atoms with van der Waals surface area (Å²) in [6, 6.07) is 19.2. The van der Waals surface area contributed by atoms with E-state index >= 15 is 0 Å². The summed E-state index contributed by atoms with van der Waals surface area (Å²) < 4.78 is 4.63. The number of halogens is 2. The third-order valence-corrected chi connectivity index (χ3v) is 10.8. The summed E-state index contributed by atoms with van der Waals surface area (Å²) >= 11 is 10.4. The van der Waals surface area contributed by atoms with Gasteiger partial charge in [0.1, 0.15) is 0 Å². The zero-order chi connectivity index (χ0) is 24.1. The van der Waals surface area contributed by atoms with Crippen LogP contribution in [0.25, 0.3) is 20.2 Å². The molecule has 2 aromatic heterocycles. The highest BCUT2D eigenvalue weighted by Gasteiger charge is 2.57. The van der Waals surface area contributed by atoms with Gasteiger partial charge < -0.3 is 15.9 Å². The van der Waals surface area contributed by atoms with Crippen LogP contribution in [-0.4, -0.2) is 30.0 Å². The first kappa shape index (κ1) is 24.4. The number of nitrogens with two attached hydrogens (primary N) is 1. The van der Waals surface area contributed by atoms with Crippen molar-refractivity contribution >= 4 is 74.7 Å². The normalized spacial score (nSPS) is 27.3. The number of aliphatic hydroxyl groups is 2. The first-order valence-electron chi connectivity index (χ1n) is 11.1. The number of aliphatic hydroxyl groups excluding tert-OH is 2. The summed E-state index contributed by atoms with van der Waals surface area (Å²) in [7, 11) is 0. The lowest BCUT2D eigenvalue weighted by Gasteiger charge is -2.11. The molecule has 0 aliphatic heterocycles. The van der Waals surface area contributed by atoms with Crippen molar-refractivity contribution in [1.82, 2.24) is 0 Å². The number of fused-ring (bicyclic) bond motifs is 2. The summed E-state index contributed by atoms with van der Waals surface area (Å²) in [5, 5.41) is 30.3. The first-order chi connectivity index (χ1) is 16.4. The standard InChI is InChI=1S/C13H14BrNOS.C13H10BrNOS/c2*14-10-2-1-8-3-12(17-11(8)4-10)13(7-15)5-9(13)6-16/h1-4,9,16H,5-7,15H2;1-4,9,16H,5-6H2. The van der Waals surface area contributed by atoms with E-state index in [9.17, 15) is 15.5 Å². The maximum atomic E-state index is 9.33. The SMILES string of the molecule is N#CC1(c2cc3ccc(Br)cc3s2)CC1CO.NCC1(c2cc3ccc(Br)cc3s2)CC1CO. The Morgan fingerprint density at radius 2 is 1.44 bits per heavy atom. The van der Waals surface area contributed by atoms with Crippen molar-refractivity contribution in [2.24, 2.45) is 17.6 Å². The second-order valence-corrected chi connectivity index (χ2v) is 13.2. The molecule has 34 heavy (non-hydrogen) atoms. The quantitative estimate of drug-likeness (QED) is 0.244. The van der Waals surface area contributed by atoms with Gasteiger partial charge in [-0.05, 0) is 65.9 Å². The third-order valence-electron chi connectivity index (χ3n) is 7.24. The Bertz CT molecular complexity index is 1410. The van der Waals surface area contributed by atoms with Crippen LogP contribution in [0.15, 0.2) is 57.5 Å². The molecule has 6 rings (SSSR count). The van der Waals surface area contributed by atoms with Gasteiger partial charge in [-0.15, -0.1) is 22.7 Å². The van der Waals surface area contributed by atoms with Crippen molar-refractivity contribution in [2.75, 3.05) is 19.8 Å². The van der Waals surface area contributed by atoms with Crippen LogP contribution in [0.4, 0.5) is 0 Å². The Morgan fingerprint density at radius 3 is 1.91 bits per heavy atom. The monoisotopic (exact) mass is 618 g/mol. The van der Waals surface area contributed by atoms with Crippen LogP contribution in [0.5, 0.6) is 0 Å². The van der Waals surface area contributed by atoms with Crippen LogP contribution >= 0.6 is 54.5 Å². The molecule has 2 saturated carbocycles. The minimum Gasteiger partial charge on any atom is -0.396 e. The highest BCUT2D eigenvalue weighted by atomic mass is 79.9. The van der Waals surface area contributed by atoms with Crippen molar-refractivity contribution in [3.63, 3.8) is 0 Å². The largest absolute Gasteiger partial charge is 0.396 e. The van der Waals surface area contributed by atoms with Gasteiger partial charge in [-0.25, -0.2) is 0 Å². The molecule has 2 aliphatic rings. The van der Waals surface area contributed by atoms with Crippen molar-refractivity contribution in [1.29, 1.82) is 5.26 Å². The van der Waals surface area contributed by atoms with Gasteiger partial charge in [-0.3, -0.25) is 0 Å². The van der Waals surface area contributed by atoms with Gasteiger partial charge in [-0.1, -0.05) is 44.0 Å². The number of nitriles is 1. The third kappa shape index (κ3) is 4.16. The zero-order valence-electron chi connectivity index (χ0n) is 18.3. The molecule has 0 radical (unpaired) electrons. The van der Waals surface area contributed by atoms with Gasteiger partial charge in [0.25, 0.3) is 0 Å². The molecule has 0 spiro atoms. The number of hydrogen-bond acceptors (Lipinski definition) is 6. The molecular formula is C26H24Br2N2O2S2. The smallest absolute Gasteiger partial charge is 0.0969 e. The lowest BCUT2D eigenvalue weighted by Crippen LogP contribution is -2.22. The molecule has 0 saturated heterocycles. The van der Waals surface area contributed by atoms with Crippen LogP contribution in [0, 0.1) is 23.2 Å². The molecule has 2 aliphatic carbocycles. The van der Waals surface area contributed by atoms with Crippen molar-refractivity contribution in [3.8, 4) is 6.07 Å². The van der Waals surface area contributed by atoms with Crippen LogP contribution in [0.3, 0.4) is 0 Å². The van der Waals surface area contributed by atoms with E-state index in [0.717, 1.165) is 26.7 Å². The number of rotatable bonds is 5. The minimum atomic E-state index is -0.426. The zero-order valence-corrected chi connectivity index (χ0v) is 23.1. The average Bonchev–Trinajstić information content (AvgIpc) is 3.66. The lowest BCUT2D eigenvalue weighted by molar-refractivity contribution is 0.264. The van der Waals surface area contributed by atoms with E-state index in [0.29, 0.717) is 12.5 Å². The fourth-order valence-corrected chi connectivity index (χ4v) is 8.54. The van der Waals surface area contributed by atoms with Crippen LogP contribution in [0.2, 0.25) is 0 Å². The number of hydrogen-bond donors (Lipinski definition) is 3. The van der Waals surface area contributed by atoms with Crippen LogP contribution in [-0.2, 0) is 10.8 Å². The van der Waals surface area contributed by atoms with Crippen molar-refractivity contribution in [2.45, 2.75) is 23.7 Å². The maximum absolute atomic E-state index is 9.33. The van der Waals surface area contributed by atoms with Crippen molar-refractivity contribution in [3.05, 3.63) is 67.2 Å².